The summed E-state index contributed by atoms with van der Waals surface area (Å²) in [6.07, 6.45) is 4.00. The molecule has 0 aromatic carbocycles. The zero-order chi connectivity index (χ0) is 12.9. The maximum atomic E-state index is 12.4. The van der Waals surface area contributed by atoms with Gasteiger partial charge < -0.3 is 5.11 Å². The zero-order valence-electron chi connectivity index (χ0n) is 10.8. The summed E-state index contributed by atoms with van der Waals surface area (Å²) in [4.78, 5) is 0. The van der Waals surface area contributed by atoms with E-state index in [0.717, 1.165) is 25.7 Å². The minimum absolute atomic E-state index is 0.0766. The molecule has 5 nitrogen and oxygen atoms in total. The van der Waals surface area contributed by atoms with Crippen molar-refractivity contribution in [2.75, 3.05) is 26.2 Å². The van der Waals surface area contributed by atoms with Crippen LogP contribution in [0.2, 0.25) is 0 Å². The molecule has 6 heteroatoms. The molecule has 1 saturated carbocycles. The predicted molar refractivity (Wildman–Crippen MR) is 67.9 cm³/mol. The van der Waals surface area contributed by atoms with Gasteiger partial charge in [-0.2, -0.15) is 17.0 Å². The topological polar surface area (TPSA) is 60.9 Å². The maximum absolute atomic E-state index is 12.4. The van der Waals surface area contributed by atoms with Crippen LogP contribution in [-0.2, 0) is 10.2 Å². The van der Waals surface area contributed by atoms with Crippen LogP contribution in [0.15, 0.2) is 0 Å². The van der Waals surface area contributed by atoms with Crippen molar-refractivity contribution in [1.29, 1.82) is 0 Å². The van der Waals surface area contributed by atoms with Crippen molar-refractivity contribution >= 4 is 10.2 Å². The lowest BCUT2D eigenvalue weighted by atomic mass is 10.2. The number of aliphatic hydroxyl groups is 1. The van der Waals surface area contributed by atoms with E-state index in [-0.39, 0.29) is 19.2 Å². The van der Waals surface area contributed by atoms with Crippen molar-refractivity contribution < 1.29 is 13.5 Å². The van der Waals surface area contributed by atoms with Gasteiger partial charge >= 0.3 is 0 Å². The van der Waals surface area contributed by atoms with E-state index in [1.54, 1.807) is 0 Å². The van der Waals surface area contributed by atoms with Crippen molar-refractivity contribution in [3.05, 3.63) is 0 Å². The van der Waals surface area contributed by atoms with Gasteiger partial charge in [-0.3, -0.25) is 0 Å². The van der Waals surface area contributed by atoms with Gasteiger partial charge in [0.25, 0.3) is 10.2 Å². The van der Waals surface area contributed by atoms with E-state index in [9.17, 15) is 8.42 Å². The number of nitrogens with zero attached hydrogens (tertiary/aromatic N) is 2. The van der Waals surface area contributed by atoms with Crippen LogP contribution < -0.4 is 0 Å². The lowest BCUT2D eigenvalue weighted by Crippen LogP contribution is -2.48. The molecule has 0 radical (unpaired) electrons. The largest absolute Gasteiger partial charge is 0.395 e. The first kappa shape index (κ1) is 14.9. The minimum atomic E-state index is -3.40. The van der Waals surface area contributed by atoms with E-state index in [2.05, 4.69) is 0 Å². The summed E-state index contributed by atoms with van der Waals surface area (Å²) in [6.45, 7) is 4.74. The molecule has 0 heterocycles. The Balaban J connectivity index is 2.87. The van der Waals surface area contributed by atoms with Crippen molar-refractivity contribution in [2.24, 2.45) is 0 Å². The normalized spacial score (nSPS) is 18.4. The molecule has 0 bridgehead atoms. The molecule has 1 N–H and O–H groups in total. The Morgan fingerprint density at radius 2 is 1.71 bits per heavy atom. The van der Waals surface area contributed by atoms with Gasteiger partial charge in [-0.15, -0.1) is 0 Å². The van der Waals surface area contributed by atoms with Crippen LogP contribution >= 0.6 is 0 Å². The molecular weight excluding hydrogens is 240 g/mol. The van der Waals surface area contributed by atoms with Crippen molar-refractivity contribution in [3.63, 3.8) is 0 Å². The van der Waals surface area contributed by atoms with E-state index < -0.39 is 10.2 Å². The smallest absolute Gasteiger partial charge is 0.282 e. The average molecular weight is 264 g/mol. The summed E-state index contributed by atoms with van der Waals surface area (Å²) in [7, 11) is -3.40. The van der Waals surface area contributed by atoms with Gasteiger partial charge in [-0.25, -0.2) is 0 Å². The second kappa shape index (κ2) is 6.68. The molecule has 17 heavy (non-hydrogen) atoms. The highest BCUT2D eigenvalue weighted by molar-refractivity contribution is 7.86. The van der Waals surface area contributed by atoms with Crippen molar-refractivity contribution in [1.82, 2.24) is 8.61 Å². The maximum Gasteiger partial charge on any atom is 0.282 e. The van der Waals surface area contributed by atoms with Crippen LogP contribution in [0.5, 0.6) is 0 Å². The molecule has 102 valence electrons. The predicted octanol–water partition coefficient (Wildman–Crippen LogP) is 0.810. The summed E-state index contributed by atoms with van der Waals surface area (Å²) in [5, 5.41) is 9.06. The van der Waals surface area contributed by atoms with E-state index >= 15 is 0 Å². The Hall–Kier alpha value is -0.170. The van der Waals surface area contributed by atoms with Gasteiger partial charge in [0, 0.05) is 25.7 Å². The third-order valence-electron chi connectivity index (χ3n) is 3.38. The molecule has 1 aliphatic carbocycles. The molecule has 1 aliphatic rings. The fourth-order valence-corrected chi connectivity index (χ4v) is 4.32. The molecule has 0 aromatic rings. The van der Waals surface area contributed by atoms with Gasteiger partial charge in [0.05, 0.1) is 6.61 Å². The first-order valence-electron chi connectivity index (χ1n) is 6.45. The van der Waals surface area contributed by atoms with E-state index in [1.807, 2.05) is 13.8 Å². The molecule has 1 rings (SSSR count). The Bertz CT molecular complexity index is 309. The standard InChI is InChI=1S/C11H24N2O3S/c1-3-12(4-2)17(15,16)13(9-10-14)11-7-5-6-8-11/h11,14H,3-10H2,1-2H3. The first-order chi connectivity index (χ1) is 8.07. The summed E-state index contributed by atoms with van der Waals surface area (Å²) >= 11 is 0. The quantitative estimate of drug-likeness (QED) is 0.740. The second-order valence-corrected chi connectivity index (χ2v) is 6.25. The summed E-state index contributed by atoms with van der Waals surface area (Å²) in [5.41, 5.74) is 0. The molecule has 0 amide bonds. The SMILES string of the molecule is CCN(CC)S(=O)(=O)N(CCO)C1CCCC1. The highest BCUT2D eigenvalue weighted by Crippen LogP contribution is 2.26. The number of hydrogen-bond donors (Lipinski definition) is 1. The van der Waals surface area contributed by atoms with E-state index in [0.29, 0.717) is 13.1 Å². The fourth-order valence-electron chi connectivity index (χ4n) is 2.48. The van der Waals surface area contributed by atoms with Crippen LogP contribution in [0.3, 0.4) is 0 Å². The Kier molecular flexibility index (Phi) is 5.85. The Morgan fingerprint density at radius 1 is 1.18 bits per heavy atom. The lowest BCUT2D eigenvalue weighted by Gasteiger charge is -2.32. The van der Waals surface area contributed by atoms with Crippen LogP contribution in [0, 0.1) is 0 Å². The summed E-state index contributed by atoms with van der Waals surface area (Å²) in [5.74, 6) is 0. The van der Waals surface area contributed by atoms with Gasteiger partial charge in [0.15, 0.2) is 0 Å². The number of hydrogen-bond acceptors (Lipinski definition) is 3. The number of rotatable bonds is 7. The molecule has 1 fully saturated rings. The summed E-state index contributed by atoms with van der Waals surface area (Å²) in [6, 6.07) is 0.0766. The summed E-state index contributed by atoms with van der Waals surface area (Å²) < 4.78 is 27.8. The highest BCUT2D eigenvalue weighted by atomic mass is 32.2. The van der Waals surface area contributed by atoms with Crippen molar-refractivity contribution in [2.45, 2.75) is 45.6 Å². The number of aliphatic hydroxyl groups excluding tert-OH is 1. The molecule has 0 aromatic heterocycles. The van der Waals surface area contributed by atoms with Crippen LogP contribution in [-0.4, -0.2) is 54.4 Å². The highest BCUT2D eigenvalue weighted by Gasteiger charge is 2.34. The lowest BCUT2D eigenvalue weighted by molar-refractivity contribution is 0.216. The van der Waals surface area contributed by atoms with Crippen LogP contribution in [0.4, 0.5) is 0 Å². The zero-order valence-corrected chi connectivity index (χ0v) is 11.6. The molecule has 0 atom stereocenters. The van der Waals surface area contributed by atoms with Crippen LogP contribution in [0.25, 0.3) is 0 Å². The first-order valence-corrected chi connectivity index (χ1v) is 7.85. The molecule has 0 saturated heterocycles. The van der Waals surface area contributed by atoms with Gasteiger partial charge in [0.1, 0.15) is 0 Å². The Morgan fingerprint density at radius 3 is 2.12 bits per heavy atom. The molecular formula is C11H24N2O3S. The molecule has 0 aliphatic heterocycles. The third kappa shape index (κ3) is 3.40. The van der Waals surface area contributed by atoms with Gasteiger partial charge in [-0.1, -0.05) is 26.7 Å². The monoisotopic (exact) mass is 264 g/mol. The van der Waals surface area contributed by atoms with Gasteiger partial charge in [0.2, 0.25) is 0 Å². The second-order valence-electron chi connectivity index (χ2n) is 4.36. The van der Waals surface area contributed by atoms with Crippen LogP contribution in [0.1, 0.15) is 39.5 Å². The molecule has 0 unspecified atom stereocenters. The average Bonchev–Trinajstić information content (AvgIpc) is 2.80. The fraction of sp³-hybridized carbons (Fsp3) is 1.00. The van der Waals surface area contributed by atoms with E-state index in [4.69, 9.17) is 5.11 Å². The molecule has 0 spiro atoms. The van der Waals surface area contributed by atoms with E-state index in [1.165, 1.54) is 8.61 Å². The van der Waals surface area contributed by atoms with Crippen molar-refractivity contribution in [3.8, 4) is 0 Å². The third-order valence-corrected chi connectivity index (χ3v) is 5.62. The minimum Gasteiger partial charge on any atom is -0.395 e. The Labute approximate surface area is 105 Å². The van der Waals surface area contributed by atoms with Gasteiger partial charge in [-0.05, 0) is 12.8 Å².